The van der Waals surface area contributed by atoms with Gasteiger partial charge in [0.15, 0.2) is 0 Å². The fourth-order valence-electron chi connectivity index (χ4n) is 2.56. The van der Waals surface area contributed by atoms with E-state index in [2.05, 4.69) is 21.2 Å². The minimum Gasteiger partial charge on any atom is -0.344 e. The van der Waals surface area contributed by atoms with Crippen LogP contribution in [0.5, 0.6) is 0 Å². The van der Waals surface area contributed by atoms with Crippen LogP contribution >= 0.6 is 15.9 Å². The molecule has 5 heteroatoms. The number of hydrogen-bond donors (Lipinski definition) is 1. The van der Waals surface area contributed by atoms with Gasteiger partial charge in [0.2, 0.25) is 11.8 Å². The standard InChI is InChI=1S/C16H21BrN2O2/c1-10(2)15-16(21)19(11(3)8-14(20)18-15)9-12-6-4-5-7-13(12)17/h4-7,10-11,15H,8-9H2,1-3H3,(H,18,20). The van der Waals surface area contributed by atoms with Gasteiger partial charge in [-0.15, -0.1) is 0 Å². The summed E-state index contributed by atoms with van der Waals surface area (Å²) in [5.74, 6) is 0.0248. The Morgan fingerprint density at radius 2 is 2.00 bits per heavy atom. The molecule has 21 heavy (non-hydrogen) atoms. The van der Waals surface area contributed by atoms with Crippen LogP contribution in [-0.2, 0) is 16.1 Å². The third kappa shape index (κ3) is 3.64. The van der Waals surface area contributed by atoms with Crippen LogP contribution in [0.1, 0.15) is 32.8 Å². The maximum absolute atomic E-state index is 12.8. The molecule has 114 valence electrons. The van der Waals surface area contributed by atoms with Crippen LogP contribution < -0.4 is 5.32 Å². The van der Waals surface area contributed by atoms with Gasteiger partial charge in [0, 0.05) is 23.5 Å². The lowest BCUT2D eigenvalue weighted by Gasteiger charge is -2.30. The largest absolute Gasteiger partial charge is 0.344 e. The lowest BCUT2D eigenvalue weighted by molar-refractivity contribution is -0.136. The third-order valence-corrected chi connectivity index (χ3v) is 4.62. The van der Waals surface area contributed by atoms with E-state index in [1.165, 1.54) is 0 Å². The van der Waals surface area contributed by atoms with E-state index in [0.29, 0.717) is 13.0 Å². The zero-order valence-electron chi connectivity index (χ0n) is 12.6. The molecule has 4 nitrogen and oxygen atoms in total. The first-order valence-electron chi connectivity index (χ1n) is 7.23. The summed E-state index contributed by atoms with van der Waals surface area (Å²) in [5, 5.41) is 2.85. The second-order valence-corrected chi connectivity index (χ2v) is 6.75. The summed E-state index contributed by atoms with van der Waals surface area (Å²) in [7, 11) is 0. The minimum absolute atomic E-state index is 0.000830. The average molecular weight is 353 g/mol. The van der Waals surface area contributed by atoms with Crippen molar-refractivity contribution in [3.8, 4) is 0 Å². The van der Waals surface area contributed by atoms with Gasteiger partial charge in [-0.3, -0.25) is 9.59 Å². The first kappa shape index (κ1) is 16.0. The Morgan fingerprint density at radius 3 is 2.62 bits per heavy atom. The monoisotopic (exact) mass is 352 g/mol. The Hall–Kier alpha value is -1.36. The van der Waals surface area contributed by atoms with Gasteiger partial charge in [0.1, 0.15) is 6.04 Å². The summed E-state index contributed by atoms with van der Waals surface area (Å²) in [5.41, 5.74) is 1.05. The van der Waals surface area contributed by atoms with E-state index in [0.717, 1.165) is 10.0 Å². The Morgan fingerprint density at radius 1 is 1.33 bits per heavy atom. The van der Waals surface area contributed by atoms with Crippen molar-refractivity contribution in [2.75, 3.05) is 0 Å². The fraction of sp³-hybridized carbons (Fsp3) is 0.500. The molecule has 2 atom stereocenters. The maximum atomic E-state index is 12.8. The number of carbonyl (C=O) groups is 2. The van der Waals surface area contributed by atoms with E-state index in [4.69, 9.17) is 0 Å². The number of carbonyl (C=O) groups excluding carboxylic acids is 2. The van der Waals surface area contributed by atoms with Crippen molar-refractivity contribution < 1.29 is 9.59 Å². The molecule has 1 aliphatic rings. The number of benzene rings is 1. The number of rotatable bonds is 3. The zero-order valence-corrected chi connectivity index (χ0v) is 14.2. The second-order valence-electron chi connectivity index (χ2n) is 5.90. The van der Waals surface area contributed by atoms with Gasteiger partial charge in [0.25, 0.3) is 0 Å². The molecule has 0 bridgehead atoms. The van der Waals surface area contributed by atoms with Crippen molar-refractivity contribution in [1.82, 2.24) is 10.2 Å². The third-order valence-electron chi connectivity index (χ3n) is 3.84. The molecule has 1 fully saturated rings. The summed E-state index contributed by atoms with van der Waals surface area (Å²) in [6, 6.07) is 7.32. The van der Waals surface area contributed by atoms with Gasteiger partial charge < -0.3 is 10.2 Å². The summed E-state index contributed by atoms with van der Waals surface area (Å²) < 4.78 is 0.981. The number of halogens is 1. The Kier molecular flexibility index (Phi) is 5.04. The summed E-state index contributed by atoms with van der Waals surface area (Å²) in [4.78, 5) is 26.5. The van der Waals surface area contributed by atoms with Gasteiger partial charge in [-0.05, 0) is 24.5 Å². The Balaban J connectivity index is 2.28. The average Bonchev–Trinajstić information content (AvgIpc) is 2.52. The molecule has 0 radical (unpaired) electrons. The molecule has 0 spiro atoms. The van der Waals surface area contributed by atoms with Crippen LogP contribution in [0, 0.1) is 5.92 Å². The van der Waals surface area contributed by atoms with Gasteiger partial charge in [-0.1, -0.05) is 48.0 Å². The highest BCUT2D eigenvalue weighted by Gasteiger charge is 2.35. The van der Waals surface area contributed by atoms with Gasteiger partial charge in [-0.2, -0.15) is 0 Å². The number of amides is 2. The van der Waals surface area contributed by atoms with Crippen LogP contribution in [0.4, 0.5) is 0 Å². The van der Waals surface area contributed by atoms with Gasteiger partial charge in [-0.25, -0.2) is 0 Å². The molecule has 0 saturated carbocycles. The van der Waals surface area contributed by atoms with Gasteiger partial charge in [0.05, 0.1) is 0 Å². The number of hydrogen-bond acceptors (Lipinski definition) is 2. The van der Waals surface area contributed by atoms with E-state index in [-0.39, 0.29) is 23.8 Å². The number of nitrogens with one attached hydrogen (secondary N) is 1. The summed E-state index contributed by atoms with van der Waals surface area (Å²) in [6.07, 6.45) is 0.347. The van der Waals surface area contributed by atoms with Crippen LogP contribution in [0.25, 0.3) is 0 Å². The molecule has 1 heterocycles. The predicted octanol–water partition coefficient (Wildman–Crippen LogP) is 2.71. The van der Waals surface area contributed by atoms with Crippen molar-refractivity contribution in [2.24, 2.45) is 5.92 Å². The van der Waals surface area contributed by atoms with Crippen LogP contribution in [0.15, 0.2) is 28.7 Å². The molecule has 1 saturated heterocycles. The molecule has 2 rings (SSSR count). The summed E-state index contributed by atoms with van der Waals surface area (Å²) >= 11 is 3.52. The smallest absolute Gasteiger partial charge is 0.245 e. The predicted molar refractivity (Wildman–Crippen MR) is 85.5 cm³/mol. The van der Waals surface area contributed by atoms with E-state index in [1.54, 1.807) is 0 Å². The van der Waals surface area contributed by atoms with E-state index in [1.807, 2.05) is 49.9 Å². The molecule has 1 aromatic carbocycles. The molecular weight excluding hydrogens is 332 g/mol. The number of nitrogens with zero attached hydrogens (tertiary/aromatic N) is 1. The quantitative estimate of drug-likeness (QED) is 0.908. The molecule has 1 aromatic rings. The van der Waals surface area contributed by atoms with E-state index >= 15 is 0 Å². The maximum Gasteiger partial charge on any atom is 0.245 e. The van der Waals surface area contributed by atoms with Crippen LogP contribution in [0.3, 0.4) is 0 Å². The molecule has 0 aliphatic carbocycles. The molecule has 2 unspecified atom stereocenters. The molecule has 1 aliphatic heterocycles. The van der Waals surface area contributed by atoms with Crippen LogP contribution in [-0.4, -0.2) is 28.8 Å². The lowest BCUT2D eigenvalue weighted by atomic mass is 10.0. The lowest BCUT2D eigenvalue weighted by Crippen LogP contribution is -2.48. The first-order valence-corrected chi connectivity index (χ1v) is 8.02. The molecule has 2 amide bonds. The summed E-state index contributed by atoms with van der Waals surface area (Å²) in [6.45, 7) is 6.35. The second kappa shape index (κ2) is 6.60. The van der Waals surface area contributed by atoms with Crippen molar-refractivity contribution in [3.63, 3.8) is 0 Å². The van der Waals surface area contributed by atoms with Gasteiger partial charge >= 0.3 is 0 Å². The Labute approximate surface area is 134 Å². The van der Waals surface area contributed by atoms with Crippen molar-refractivity contribution in [2.45, 2.75) is 45.8 Å². The van der Waals surface area contributed by atoms with E-state index in [9.17, 15) is 9.59 Å². The fourth-order valence-corrected chi connectivity index (χ4v) is 2.97. The molecular formula is C16H21BrN2O2. The van der Waals surface area contributed by atoms with E-state index < -0.39 is 6.04 Å². The van der Waals surface area contributed by atoms with Crippen molar-refractivity contribution in [3.05, 3.63) is 34.3 Å². The highest BCUT2D eigenvalue weighted by molar-refractivity contribution is 9.10. The minimum atomic E-state index is -0.440. The molecule has 0 aromatic heterocycles. The SMILES string of the molecule is CC(C)C1NC(=O)CC(C)N(Cc2ccccc2Br)C1=O. The zero-order chi connectivity index (χ0) is 15.6. The Bertz CT molecular complexity index is 545. The highest BCUT2D eigenvalue weighted by Crippen LogP contribution is 2.22. The van der Waals surface area contributed by atoms with Crippen molar-refractivity contribution >= 4 is 27.7 Å². The topological polar surface area (TPSA) is 49.4 Å². The normalized spacial score (nSPS) is 23.2. The molecule has 1 N–H and O–H groups in total. The highest BCUT2D eigenvalue weighted by atomic mass is 79.9. The van der Waals surface area contributed by atoms with Crippen LogP contribution in [0.2, 0.25) is 0 Å². The van der Waals surface area contributed by atoms with Crippen molar-refractivity contribution in [1.29, 1.82) is 0 Å². The first-order chi connectivity index (χ1) is 9.90.